The van der Waals surface area contributed by atoms with Crippen LogP contribution in [0, 0.1) is 0 Å². The van der Waals surface area contributed by atoms with E-state index < -0.39 is 12.2 Å². The fourth-order valence-electron chi connectivity index (χ4n) is 3.93. The van der Waals surface area contributed by atoms with Gasteiger partial charge in [-0.2, -0.15) is 0 Å². The predicted molar refractivity (Wildman–Crippen MR) is 155 cm³/mol. The molecule has 0 aliphatic heterocycles. The quantitative estimate of drug-likeness (QED) is 0.236. The third-order valence-electron chi connectivity index (χ3n) is 6.10. The maximum atomic E-state index is 12.7. The Morgan fingerprint density at radius 3 is 1.30 bits per heavy atom. The van der Waals surface area contributed by atoms with Gasteiger partial charge in [0.05, 0.1) is 25.6 Å². The first-order valence-corrected chi connectivity index (χ1v) is 12.8. The van der Waals surface area contributed by atoms with E-state index in [1.165, 1.54) is 14.2 Å². The maximum Gasteiger partial charge on any atom is 0.265 e. The number of hydrogen-bond acceptors (Lipinski definition) is 6. The third-order valence-corrected chi connectivity index (χ3v) is 6.10. The van der Waals surface area contributed by atoms with Crippen LogP contribution in [0.1, 0.15) is 13.8 Å². The van der Waals surface area contributed by atoms with Crippen molar-refractivity contribution in [2.24, 2.45) is 0 Å². The summed E-state index contributed by atoms with van der Waals surface area (Å²) in [6.45, 7) is 3.37. The first-order valence-electron chi connectivity index (χ1n) is 12.8. The summed E-state index contributed by atoms with van der Waals surface area (Å²) in [5.74, 6) is 1.59. The molecule has 4 rings (SSSR count). The summed E-state index contributed by atoms with van der Waals surface area (Å²) in [5.41, 5.74) is 2.70. The van der Waals surface area contributed by atoms with Crippen LogP contribution in [-0.2, 0) is 9.59 Å². The van der Waals surface area contributed by atoms with Crippen molar-refractivity contribution in [2.75, 3.05) is 24.9 Å². The largest absolute Gasteiger partial charge is 0.495 e. The van der Waals surface area contributed by atoms with Gasteiger partial charge in [-0.15, -0.1) is 0 Å². The van der Waals surface area contributed by atoms with E-state index in [4.69, 9.17) is 18.9 Å². The molecule has 0 saturated carbocycles. The van der Waals surface area contributed by atoms with Gasteiger partial charge >= 0.3 is 0 Å². The molecule has 0 aliphatic rings. The highest BCUT2D eigenvalue weighted by Crippen LogP contribution is 2.35. The zero-order valence-corrected chi connectivity index (χ0v) is 22.8. The topological polar surface area (TPSA) is 95.1 Å². The molecule has 8 nitrogen and oxygen atoms in total. The van der Waals surface area contributed by atoms with E-state index in [9.17, 15) is 9.59 Å². The number of methoxy groups -OCH3 is 2. The number of benzene rings is 4. The highest BCUT2D eigenvalue weighted by Gasteiger charge is 2.19. The first kappa shape index (κ1) is 28.0. The molecule has 0 radical (unpaired) electrons. The van der Waals surface area contributed by atoms with Gasteiger partial charge < -0.3 is 29.6 Å². The molecule has 0 bridgehead atoms. The van der Waals surface area contributed by atoms with Crippen molar-refractivity contribution in [1.29, 1.82) is 0 Å². The van der Waals surface area contributed by atoms with Crippen LogP contribution in [-0.4, -0.2) is 38.2 Å². The summed E-state index contributed by atoms with van der Waals surface area (Å²) in [7, 11) is 3.08. The Morgan fingerprint density at radius 2 is 0.950 bits per heavy atom. The standard InChI is InChI=1S/C32H32N2O6/c1-21(39-25-11-7-5-8-12-25)31(35)33-27-17-15-23(19-29(27)37-3)24-16-18-28(30(20-24)38-4)34-32(36)22(2)40-26-13-9-6-10-14-26/h5-22H,1-4H3,(H,33,35)(H,34,36)/t21-,22+. The van der Waals surface area contributed by atoms with E-state index in [2.05, 4.69) is 10.6 Å². The summed E-state index contributed by atoms with van der Waals surface area (Å²) in [6.07, 6.45) is -1.42. The average Bonchev–Trinajstić information content (AvgIpc) is 2.98. The van der Waals surface area contributed by atoms with E-state index in [0.29, 0.717) is 34.4 Å². The Balaban J connectivity index is 1.45. The van der Waals surface area contributed by atoms with Crippen LogP contribution in [0.25, 0.3) is 11.1 Å². The van der Waals surface area contributed by atoms with Crippen molar-refractivity contribution < 1.29 is 28.5 Å². The lowest BCUT2D eigenvalue weighted by atomic mass is 10.0. The second-order valence-electron chi connectivity index (χ2n) is 8.95. The molecule has 2 amide bonds. The highest BCUT2D eigenvalue weighted by molar-refractivity contribution is 5.97. The molecule has 0 fully saturated rings. The molecule has 0 aliphatic carbocycles. The number of anilines is 2. The van der Waals surface area contributed by atoms with Gasteiger partial charge in [-0.3, -0.25) is 9.59 Å². The monoisotopic (exact) mass is 540 g/mol. The molecule has 40 heavy (non-hydrogen) atoms. The van der Waals surface area contributed by atoms with Crippen molar-refractivity contribution in [3.8, 4) is 34.1 Å². The zero-order valence-electron chi connectivity index (χ0n) is 22.8. The Morgan fingerprint density at radius 1 is 0.575 bits per heavy atom. The number of hydrogen-bond donors (Lipinski definition) is 2. The minimum atomic E-state index is -0.709. The fourth-order valence-corrected chi connectivity index (χ4v) is 3.93. The summed E-state index contributed by atoms with van der Waals surface area (Å²) in [4.78, 5) is 25.5. The molecule has 206 valence electrons. The number of carbonyl (C=O) groups excluding carboxylic acids is 2. The van der Waals surface area contributed by atoms with Gasteiger partial charge in [0, 0.05) is 0 Å². The lowest BCUT2D eigenvalue weighted by Gasteiger charge is -2.18. The number of rotatable bonds is 11. The molecule has 2 N–H and O–H groups in total. The predicted octanol–water partition coefficient (Wildman–Crippen LogP) is 6.18. The SMILES string of the molecule is COc1cc(-c2ccc(NC(=O)[C@@H](C)Oc3ccccc3)c(OC)c2)ccc1NC(=O)[C@H](C)Oc1ccccc1. The number of para-hydroxylation sites is 2. The van der Waals surface area contributed by atoms with Crippen LogP contribution in [0.4, 0.5) is 11.4 Å². The molecule has 0 aromatic heterocycles. The molecule has 4 aromatic carbocycles. The molecule has 8 heteroatoms. The van der Waals surface area contributed by atoms with Crippen molar-refractivity contribution in [1.82, 2.24) is 0 Å². The van der Waals surface area contributed by atoms with Gasteiger partial charge in [-0.05, 0) is 73.5 Å². The lowest BCUT2D eigenvalue weighted by molar-refractivity contribution is -0.122. The molecular weight excluding hydrogens is 508 g/mol. The molecular formula is C32H32N2O6. The first-order chi connectivity index (χ1) is 19.4. The van der Waals surface area contributed by atoms with Crippen molar-refractivity contribution >= 4 is 23.2 Å². The van der Waals surface area contributed by atoms with Crippen LogP contribution in [0.2, 0.25) is 0 Å². The Hall–Kier alpha value is -4.98. The van der Waals surface area contributed by atoms with Gasteiger partial charge in [0.15, 0.2) is 12.2 Å². The van der Waals surface area contributed by atoms with Gasteiger partial charge in [0.25, 0.3) is 11.8 Å². The fraction of sp³-hybridized carbons (Fsp3) is 0.188. The average molecular weight is 541 g/mol. The Kier molecular flexibility index (Phi) is 9.25. The van der Waals surface area contributed by atoms with Crippen LogP contribution in [0.5, 0.6) is 23.0 Å². The minimum absolute atomic E-state index is 0.304. The van der Waals surface area contributed by atoms with E-state index in [1.807, 2.05) is 60.7 Å². The Bertz CT molecular complexity index is 1330. The van der Waals surface area contributed by atoms with Crippen LogP contribution in [0.15, 0.2) is 97.1 Å². The van der Waals surface area contributed by atoms with Crippen LogP contribution >= 0.6 is 0 Å². The van der Waals surface area contributed by atoms with Crippen molar-refractivity contribution in [3.05, 3.63) is 97.1 Å². The number of ether oxygens (including phenoxy) is 4. The second kappa shape index (κ2) is 13.2. The molecule has 0 heterocycles. The van der Waals surface area contributed by atoms with Gasteiger partial charge in [-0.1, -0.05) is 48.5 Å². The Labute approximate surface area is 233 Å². The van der Waals surface area contributed by atoms with E-state index in [0.717, 1.165) is 11.1 Å². The summed E-state index contributed by atoms with van der Waals surface area (Å²) in [5, 5.41) is 5.74. The van der Waals surface area contributed by atoms with Gasteiger partial charge in [0.1, 0.15) is 23.0 Å². The van der Waals surface area contributed by atoms with Crippen molar-refractivity contribution in [3.63, 3.8) is 0 Å². The van der Waals surface area contributed by atoms with Crippen LogP contribution < -0.4 is 29.6 Å². The molecule has 0 spiro atoms. The number of carbonyl (C=O) groups is 2. The summed E-state index contributed by atoms with van der Waals surface area (Å²) in [6, 6.07) is 29.2. The van der Waals surface area contributed by atoms with Crippen LogP contribution in [0.3, 0.4) is 0 Å². The lowest BCUT2D eigenvalue weighted by Crippen LogP contribution is -2.30. The molecule has 0 saturated heterocycles. The zero-order chi connectivity index (χ0) is 28.5. The van der Waals surface area contributed by atoms with Gasteiger partial charge in [0.2, 0.25) is 0 Å². The van der Waals surface area contributed by atoms with E-state index in [-0.39, 0.29) is 11.8 Å². The highest BCUT2D eigenvalue weighted by atomic mass is 16.5. The smallest absolute Gasteiger partial charge is 0.265 e. The number of amides is 2. The molecule has 4 aromatic rings. The van der Waals surface area contributed by atoms with Gasteiger partial charge in [-0.25, -0.2) is 0 Å². The summed E-state index contributed by atoms with van der Waals surface area (Å²) >= 11 is 0. The third kappa shape index (κ3) is 7.11. The van der Waals surface area contributed by atoms with E-state index >= 15 is 0 Å². The molecule has 2 atom stereocenters. The summed E-state index contributed by atoms with van der Waals surface area (Å²) < 4.78 is 22.6. The maximum absolute atomic E-state index is 12.7. The second-order valence-corrected chi connectivity index (χ2v) is 8.95. The normalized spacial score (nSPS) is 12.0. The van der Waals surface area contributed by atoms with E-state index in [1.54, 1.807) is 50.2 Å². The number of nitrogens with one attached hydrogen (secondary N) is 2. The van der Waals surface area contributed by atoms with Crippen molar-refractivity contribution in [2.45, 2.75) is 26.1 Å². The molecule has 0 unspecified atom stereocenters. The minimum Gasteiger partial charge on any atom is -0.495 e.